The van der Waals surface area contributed by atoms with Crippen molar-refractivity contribution < 1.29 is 9.52 Å². The van der Waals surface area contributed by atoms with Crippen LogP contribution < -0.4 is 5.73 Å². The number of aryl methyl sites for hydroxylation is 2. The van der Waals surface area contributed by atoms with Crippen molar-refractivity contribution in [3.05, 3.63) is 59.9 Å². The lowest BCUT2D eigenvalue weighted by Crippen LogP contribution is -1.90. The first kappa shape index (κ1) is 11.7. The summed E-state index contributed by atoms with van der Waals surface area (Å²) < 4.78 is 5.71. The average molecular weight is 253 g/mol. The van der Waals surface area contributed by atoms with Crippen LogP contribution in [0.2, 0.25) is 0 Å². The Morgan fingerprint density at radius 3 is 2.53 bits per heavy atom. The van der Waals surface area contributed by atoms with E-state index in [9.17, 15) is 5.11 Å². The molecule has 0 saturated carbocycles. The highest BCUT2D eigenvalue weighted by molar-refractivity contribution is 5.84. The summed E-state index contributed by atoms with van der Waals surface area (Å²) in [6.45, 7) is 0. The van der Waals surface area contributed by atoms with Crippen molar-refractivity contribution in [2.75, 3.05) is 5.73 Å². The standard InChI is InChI=1S/C16H15NO2/c17-12-7-4-11(5-8-12)6-9-13-10-14-15(18)2-1-3-16(14)19-13/h1-5,7-8,10,18H,6,9,17H2. The van der Waals surface area contributed by atoms with Gasteiger partial charge in [0.15, 0.2) is 0 Å². The van der Waals surface area contributed by atoms with E-state index in [1.807, 2.05) is 36.4 Å². The number of furan rings is 1. The van der Waals surface area contributed by atoms with E-state index in [2.05, 4.69) is 0 Å². The predicted octanol–water partition coefficient (Wildman–Crippen LogP) is 3.51. The first-order chi connectivity index (χ1) is 9.22. The summed E-state index contributed by atoms with van der Waals surface area (Å²) in [5.41, 5.74) is 8.38. The Morgan fingerprint density at radius 2 is 1.79 bits per heavy atom. The zero-order chi connectivity index (χ0) is 13.2. The number of nitrogen functional groups attached to an aromatic ring is 1. The summed E-state index contributed by atoms with van der Waals surface area (Å²) in [5, 5.41) is 10.5. The van der Waals surface area contributed by atoms with E-state index in [0.717, 1.165) is 35.3 Å². The number of phenols is 1. The lowest BCUT2D eigenvalue weighted by molar-refractivity contribution is 0.481. The second kappa shape index (κ2) is 4.69. The maximum Gasteiger partial charge on any atom is 0.137 e. The molecule has 0 aliphatic heterocycles. The van der Waals surface area contributed by atoms with E-state index < -0.39 is 0 Å². The van der Waals surface area contributed by atoms with Crippen molar-refractivity contribution in [3.8, 4) is 5.75 Å². The highest BCUT2D eigenvalue weighted by Crippen LogP contribution is 2.28. The van der Waals surface area contributed by atoms with Crippen LogP contribution in [0.1, 0.15) is 11.3 Å². The number of fused-ring (bicyclic) bond motifs is 1. The fraction of sp³-hybridized carbons (Fsp3) is 0.125. The summed E-state index contributed by atoms with van der Waals surface area (Å²) in [6.07, 6.45) is 1.69. The number of anilines is 1. The molecule has 0 atom stereocenters. The second-order valence-corrected chi connectivity index (χ2v) is 4.64. The minimum Gasteiger partial charge on any atom is -0.507 e. The topological polar surface area (TPSA) is 59.4 Å². The van der Waals surface area contributed by atoms with Crippen LogP contribution in [0.25, 0.3) is 11.0 Å². The van der Waals surface area contributed by atoms with Crippen molar-refractivity contribution >= 4 is 16.7 Å². The number of hydrogen-bond acceptors (Lipinski definition) is 3. The van der Waals surface area contributed by atoms with Gasteiger partial charge in [-0.25, -0.2) is 0 Å². The van der Waals surface area contributed by atoms with Crippen LogP contribution in [-0.4, -0.2) is 5.11 Å². The van der Waals surface area contributed by atoms with Crippen molar-refractivity contribution in [1.82, 2.24) is 0 Å². The molecule has 0 radical (unpaired) electrons. The van der Waals surface area contributed by atoms with Gasteiger partial charge in [-0.1, -0.05) is 18.2 Å². The molecule has 0 fully saturated rings. The third-order valence-electron chi connectivity index (χ3n) is 3.23. The van der Waals surface area contributed by atoms with Crippen LogP contribution in [0, 0.1) is 0 Å². The molecular formula is C16H15NO2. The van der Waals surface area contributed by atoms with Crippen LogP contribution in [0.3, 0.4) is 0 Å². The zero-order valence-electron chi connectivity index (χ0n) is 10.5. The van der Waals surface area contributed by atoms with Gasteiger partial charge in [-0.05, 0) is 42.3 Å². The summed E-state index contributed by atoms with van der Waals surface area (Å²) in [6, 6.07) is 15.1. The first-order valence-corrected chi connectivity index (χ1v) is 6.27. The fourth-order valence-corrected chi connectivity index (χ4v) is 2.17. The molecule has 2 aromatic carbocycles. The maximum absolute atomic E-state index is 9.73. The lowest BCUT2D eigenvalue weighted by Gasteiger charge is -1.99. The molecule has 19 heavy (non-hydrogen) atoms. The van der Waals surface area contributed by atoms with Crippen molar-refractivity contribution in [1.29, 1.82) is 0 Å². The molecule has 0 saturated heterocycles. The smallest absolute Gasteiger partial charge is 0.137 e. The minimum absolute atomic E-state index is 0.264. The Bertz CT molecular complexity index is 698. The summed E-state index contributed by atoms with van der Waals surface area (Å²) >= 11 is 0. The molecule has 3 heteroatoms. The van der Waals surface area contributed by atoms with Crippen molar-refractivity contribution in [3.63, 3.8) is 0 Å². The number of benzene rings is 2. The van der Waals surface area contributed by atoms with Gasteiger partial charge in [0.25, 0.3) is 0 Å². The molecule has 0 aliphatic rings. The molecule has 1 aromatic heterocycles. The Kier molecular flexibility index (Phi) is 2.88. The zero-order valence-corrected chi connectivity index (χ0v) is 10.5. The second-order valence-electron chi connectivity index (χ2n) is 4.64. The van der Waals surface area contributed by atoms with E-state index in [1.165, 1.54) is 5.56 Å². The third kappa shape index (κ3) is 2.40. The van der Waals surface area contributed by atoms with E-state index in [1.54, 1.807) is 12.1 Å². The van der Waals surface area contributed by atoms with E-state index in [-0.39, 0.29) is 5.75 Å². The summed E-state index contributed by atoms with van der Waals surface area (Å²) in [7, 11) is 0. The van der Waals surface area contributed by atoms with Crippen LogP contribution in [0.4, 0.5) is 5.69 Å². The normalized spacial score (nSPS) is 10.9. The first-order valence-electron chi connectivity index (χ1n) is 6.27. The van der Waals surface area contributed by atoms with Gasteiger partial charge in [-0.2, -0.15) is 0 Å². The number of rotatable bonds is 3. The molecule has 3 rings (SSSR count). The molecular weight excluding hydrogens is 238 g/mol. The Labute approximate surface area is 111 Å². The monoisotopic (exact) mass is 253 g/mol. The Balaban J connectivity index is 1.78. The van der Waals surface area contributed by atoms with Gasteiger partial charge in [-0.3, -0.25) is 0 Å². The molecule has 0 unspecified atom stereocenters. The fourth-order valence-electron chi connectivity index (χ4n) is 2.17. The highest BCUT2D eigenvalue weighted by Gasteiger charge is 2.07. The van der Waals surface area contributed by atoms with Crippen LogP contribution in [0.5, 0.6) is 5.75 Å². The van der Waals surface area contributed by atoms with Gasteiger partial charge >= 0.3 is 0 Å². The largest absolute Gasteiger partial charge is 0.507 e. The van der Waals surface area contributed by atoms with E-state index in [4.69, 9.17) is 10.2 Å². The lowest BCUT2D eigenvalue weighted by atomic mass is 10.1. The molecule has 0 spiro atoms. The SMILES string of the molecule is Nc1ccc(CCc2cc3c(O)cccc3o2)cc1. The number of hydrogen-bond donors (Lipinski definition) is 2. The quantitative estimate of drug-likeness (QED) is 0.702. The Hall–Kier alpha value is -2.42. The van der Waals surface area contributed by atoms with E-state index >= 15 is 0 Å². The van der Waals surface area contributed by atoms with Crippen LogP contribution in [-0.2, 0) is 12.8 Å². The number of aromatic hydroxyl groups is 1. The predicted molar refractivity (Wildman–Crippen MR) is 76.1 cm³/mol. The van der Waals surface area contributed by atoms with Gasteiger partial charge in [0.1, 0.15) is 17.1 Å². The van der Waals surface area contributed by atoms with Gasteiger partial charge in [0.05, 0.1) is 5.39 Å². The van der Waals surface area contributed by atoms with Gasteiger partial charge < -0.3 is 15.3 Å². The highest BCUT2D eigenvalue weighted by atomic mass is 16.3. The molecule has 3 nitrogen and oxygen atoms in total. The third-order valence-corrected chi connectivity index (χ3v) is 3.23. The summed E-state index contributed by atoms with van der Waals surface area (Å²) in [5.74, 6) is 1.15. The minimum atomic E-state index is 0.264. The van der Waals surface area contributed by atoms with Gasteiger partial charge in [-0.15, -0.1) is 0 Å². The number of phenolic OH excluding ortho intramolecular Hbond substituents is 1. The van der Waals surface area contributed by atoms with Crippen LogP contribution >= 0.6 is 0 Å². The van der Waals surface area contributed by atoms with Crippen LogP contribution in [0.15, 0.2) is 52.9 Å². The number of nitrogens with two attached hydrogens (primary N) is 1. The summed E-state index contributed by atoms with van der Waals surface area (Å²) in [4.78, 5) is 0. The molecule has 0 aliphatic carbocycles. The Morgan fingerprint density at radius 1 is 1.00 bits per heavy atom. The maximum atomic E-state index is 9.73. The molecule has 3 N–H and O–H groups in total. The van der Waals surface area contributed by atoms with Crippen molar-refractivity contribution in [2.24, 2.45) is 0 Å². The molecule has 1 heterocycles. The molecule has 0 bridgehead atoms. The molecule has 0 amide bonds. The van der Waals surface area contributed by atoms with Gasteiger partial charge in [0, 0.05) is 12.1 Å². The molecule has 3 aromatic rings. The molecule has 96 valence electrons. The average Bonchev–Trinajstić information content (AvgIpc) is 2.83. The van der Waals surface area contributed by atoms with Crippen molar-refractivity contribution in [2.45, 2.75) is 12.8 Å². The van der Waals surface area contributed by atoms with Gasteiger partial charge in [0.2, 0.25) is 0 Å². The van der Waals surface area contributed by atoms with E-state index in [0.29, 0.717) is 0 Å².